The number of aromatic nitrogens is 2. The summed E-state index contributed by atoms with van der Waals surface area (Å²) in [6.07, 6.45) is 5.59. The topological polar surface area (TPSA) is 92.1 Å². The van der Waals surface area contributed by atoms with Crippen molar-refractivity contribution < 1.29 is 9.72 Å². The maximum atomic E-state index is 12.7. The number of non-ortho nitro benzene ring substituents is 1. The van der Waals surface area contributed by atoms with Gasteiger partial charge in [-0.1, -0.05) is 12.1 Å². The number of aromatic amines is 1. The van der Waals surface area contributed by atoms with Crippen molar-refractivity contribution in [1.29, 1.82) is 0 Å². The maximum absolute atomic E-state index is 12.7. The second kappa shape index (κ2) is 7.04. The van der Waals surface area contributed by atoms with Crippen LogP contribution in [0, 0.1) is 10.1 Å². The number of rotatable bonds is 5. The number of likely N-dealkylation sites (tertiary alicyclic amines) is 1. The summed E-state index contributed by atoms with van der Waals surface area (Å²) in [5.41, 5.74) is 1.01. The third-order valence-corrected chi connectivity index (χ3v) is 4.85. The number of carbonyl (C=O) groups excluding carboxylic acids is 1. The first-order valence-electron chi connectivity index (χ1n) is 7.70. The third-order valence-electron chi connectivity index (χ3n) is 4.13. The number of H-pyrrole nitrogens is 1. The van der Waals surface area contributed by atoms with Crippen molar-refractivity contribution in [3.05, 3.63) is 46.3 Å². The molecular weight excluding hydrogens is 328 g/mol. The van der Waals surface area contributed by atoms with E-state index in [1.807, 2.05) is 11.2 Å². The number of thioether (sulfide) groups is 1. The first-order chi connectivity index (χ1) is 11.6. The number of nitrogens with zero attached hydrogens (tertiary/aromatic N) is 3. The van der Waals surface area contributed by atoms with Gasteiger partial charge in [0.05, 0.1) is 11.1 Å². The van der Waals surface area contributed by atoms with E-state index in [0.29, 0.717) is 17.1 Å². The van der Waals surface area contributed by atoms with Crippen molar-refractivity contribution in [2.24, 2.45) is 0 Å². The Bertz CT molecular complexity index is 761. The number of nitrogens with one attached hydrogen (secondary N) is 1. The van der Waals surface area contributed by atoms with Crippen molar-refractivity contribution in [3.63, 3.8) is 0 Å². The summed E-state index contributed by atoms with van der Waals surface area (Å²) in [6, 6.07) is 6.46. The molecule has 1 fully saturated rings. The van der Waals surface area contributed by atoms with E-state index in [1.54, 1.807) is 23.9 Å². The molecule has 1 aromatic carbocycles. The second-order valence-electron chi connectivity index (χ2n) is 5.70. The number of nitro benzene ring substituents is 1. The van der Waals surface area contributed by atoms with Crippen molar-refractivity contribution in [2.45, 2.75) is 18.9 Å². The van der Waals surface area contributed by atoms with Crippen LogP contribution < -0.4 is 0 Å². The van der Waals surface area contributed by atoms with Gasteiger partial charge in [-0.2, -0.15) is 11.8 Å². The molecule has 0 spiro atoms. The van der Waals surface area contributed by atoms with E-state index in [2.05, 4.69) is 9.97 Å². The van der Waals surface area contributed by atoms with Gasteiger partial charge < -0.3 is 9.88 Å². The van der Waals surface area contributed by atoms with Crippen LogP contribution in [0.4, 0.5) is 5.69 Å². The molecule has 8 heteroatoms. The minimum atomic E-state index is -0.449. The van der Waals surface area contributed by atoms with Crippen molar-refractivity contribution in [3.8, 4) is 11.4 Å². The van der Waals surface area contributed by atoms with Crippen LogP contribution in [-0.4, -0.2) is 50.3 Å². The average Bonchev–Trinajstić information content (AvgIpc) is 3.24. The van der Waals surface area contributed by atoms with Gasteiger partial charge in [-0.05, 0) is 19.1 Å². The van der Waals surface area contributed by atoms with Gasteiger partial charge in [-0.15, -0.1) is 0 Å². The van der Waals surface area contributed by atoms with E-state index in [9.17, 15) is 14.9 Å². The first-order valence-corrected chi connectivity index (χ1v) is 9.09. The highest BCUT2D eigenvalue weighted by Crippen LogP contribution is 2.24. The number of carbonyl (C=O) groups is 1. The van der Waals surface area contributed by atoms with Gasteiger partial charge in [0.2, 0.25) is 0 Å². The molecule has 0 radical (unpaired) electrons. The normalized spacial score (nSPS) is 17.2. The summed E-state index contributed by atoms with van der Waals surface area (Å²) in [5, 5.41) is 10.9. The van der Waals surface area contributed by atoms with E-state index in [4.69, 9.17) is 0 Å². The van der Waals surface area contributed by atoms with E-state index in [0.717, 1.165) is 25.1 Å². The highest BCUT2D eigenvalue weighted by atomic mass is 32.2. The Balaban J connectivity index is 1.81. The molecule has 7 nitrogen and oxygen atoms in total. The lowest BCUT2D eigenvalue weighted by Crippen LogP contribution is -2.37. The molecule has 0 bridgehead atoms. The highest BCUT2D eigenvalue weighted by molar-refractivity contribution is 7.98. The molecule has 1 saturated heterocycles. The van der Waals surface area contributed by atoms with Crippen LogP contribution in [0.1, 0.15) is 23.3 Å². The van der Waals surface area contributed by atoms with Crippen LogP contribution in [-0.2, 0) is 0 Å². The van der Waals surface area contributed by atoms with Crippen LogP contribution in [0.3, 0.4) is 0 Å². The van der Waals surface area contributed by atoms with Gasteiger partial charge in [0.25, 0.3) is 11.6 Å². The molecule has 0 unspecified atom stereocenters. The monoisotopic (exact) mass is 346 g/mol. The summed E-state index contributed by atoms with van der Waals surface area (Å²) in [4.78, 5) is 32.2. The standard InChI is InChI=1S/C16H18N4O3S/c1-24-10-13-6-3-7-19(13)16(21)14-9-17-15(18-14)11-4-2-5-12(8-11)20(22)23/h2,4-5,8-9,13H,3,6-7,10H2,1H3,(H,17,18)/t13-/m0/s1. The zero-order valence-electron chi connectivity index (χ0n) is 13.3. The van der Waals surface area contributed by atoms with Gasteiger partial charge in [-0.3, -0.25) is 14.9 Å². The largest absolute Gasteiger partial charge is 0.334 e. The van der Waals surface area contributed by atoms with Crippen LogP contribution in [0.2, 0.25) is 0 Å². The molecule has 2 aromatic rings. The smallest absolute Gasteiger partial charge is 0.272 e. The molecule has 1 aliphatic heterocycles. The molecule has 1 atom stereocenters. The van der Waals surface area contributed by atoms with Crippen LogP contribution in [0.15, 0.2) is 30.5 Å². The van der Waals surface area contributed by atoms with E-state index in [1.165, 1.54) is 18.3 Å². The Labute approximate surface area is 143 Å². The lowest BCUT2D eigenvalue weighted by atomic mass is 10.2. The molecule has 0 saturated carbocycles. The minimum Gasteiger partial charge on any atom is -0.334 e. The SMILES string of the molecule is CSC[C@@H]1CCCN1C(=O)c1cnc(-c2cccc([N+](=O)[O-])c2)[nH]1. The number of nitro groups is 1. The number of imidazole rings is 1. The van der Waals surface area contributed by atoms with Gasteiger partial charge in [0, 0.05) is 36.0 Å². The van der Waals surface area contributed by atoms with Crippen molar-refractivity contribution in [1.82, 2.24) is 14.9 Å². The maximum Gasteiger partial charge on any atom is 0.272 e. The molecule has 1 amide bonds. The lowest BCUT2D eigenvalue weighted by molar-refractivity contribution is -0.384. The number of hydrogen-bond acceptors (Lipinski definition) is 5. The van der Waals surface area contributed by atoms with E-state index in [-0.39, 0.29) is 17.6 Å². The fourth-order valence-corrected chi connectivity index (χ4v) is 3.70. The van der Waals surface area contributed by atoms with Crippen molar-refractivity contribution >= 4 is 23.4 Å². The predicted molar refractivity (Wildman–Crippen MR) is 93.1 cm³/mol. The number of amides is 1. The van der Waals surface area contributed by atoms with Crippen LogP contribution in [0.25, 0.3) is 11.4 Å². The lowest BCUT2D eigenvalue weighted by Gasteiger charge is -2.23. The summed E-state index contributed by atoms with van der Waals surface area (Å²) >= 11 is 1.74. The molecule has 1 aliphatic rings. The Morgan fingerprint density at radius 3 is 3.12 bits per heavy atom. The quantitative estimate of drug-likeness (QED) is 0.664. The van der Waals surface area contributed by atoms with Gasteiger partial charge in [0.15, 0.2) is 0 Å². The zero-order chi connectivity index (χ0) is 17.1. The third kappa shape index (κ3) is 3.28. The molecule has 1 aromatic heterocycles. The van der Waals surface area contributed by atoms with E-state index < -0.39 is 4.92 Å². The van der Waals surface area contributed by atoms with Gasteiger partial charge >= 0.3 is 0 Å². The summed E-state index contributed by atoms with van der Waals surface area (Å²) < 4.78 is 0. The molecule has 3 rings (SSSR count). The highest BCUT2D eigenvalue weighted by Gasteiger charge is 2.30. The Morgan fingerprint density at radius 2 is 2.38 bits per heavy atom. The van der Waals surface area contributed by atoms with Gasteiger partial charge in [-0.25, -0.2) is 4.98 Å². The average molecular weight is 346 g/mol. The number of benzene rings is 1. The summed E-state index contributed by atoms with van der Waals surface area (Å²) in [6.45, 7) is 0.759. The Hall–Kier alpha value is -2.35. The van der Waals surface area contributed by atoms with Crippen LogP contribution >= 0.6 is 11.8 Å². The van der Waals surface area contributed by atoms with Crippen molar-refractivity contribution in [2.75, 3.05) is 18.6 Å². The fourth-order valence-electron chi connectivity index (χ4n) is 2.97. The minimum absolute atomic E-state index is 0.00338. The molecular formula is C16H18N4O3S. The number of hydrogen-bond donors (Lipinski definition) is 1. The van der Waals surface area contributed by atoms with E-state index >= 15 is 0 Å². The molecule has 0 aliphatic carbocycles. The molecule has 24 heavy (non-hydrogen) atoms. The molecule has 126 valence electrons. The molecule has 1 N–H and O–H groups in total. The fraction of sp³-hybridized carbons (Fsp3) is 0.375. The zero-order valence-corrected chi connectivity index (χ0v) is 14.1. The second-order valence-corrected chi connectivity index (χ2v) is 6.61. The first kappa shape index (κ1) is 16.5. The predicted octanol–water partition coefficient (Wildman–Crippen LogP) is 2.95. The Kier molecular flexibility index (Phi) is 4.84. The molecule has 2 heterocycles. The van der Waals surface area contributed by atoms with Crippen LogP contribution in [0.5, 0.6) is 0 Å². The summed E-state index contributed by atoms with van der Waals surface area (Å²) in [7, 11) is 0. The Morgan fingerprint density at radius 1 is 1.54 bits per heavy atom. The summed E-state index contributed by atoms with van der Waals surface area (Å²) in [5.74, 6) is 1.33. The van der Waals surface area contributed by atoms with Gasteiger partial charge in [0.1, 0.15) is 11.5 Å².